The minimum absolute atomic E-state index is 0.362. The van der Waals surface area contributed by atoms with E-state index >= 15 is 0 Å². The van der Waals surface area contributed by atoms with Crippen LogP contribution in [0.2, 0.25) is 0 Å². The highest BCUT2D eigenvalue weighted by Gasteiger charge is 1.79. The van der Waals surface area contributed by atoms with E-state index in [-0.39, 0.29) is 6.10 Å². The zero-order chi connectivity index (χ0) is 6.41. The van der Waals surface area contributed by atoms with Gasteiger partial charge in [-0.15, -0.1) is 0 Å². The SMILES string of the molecule is CC(O)/C=C\C=C/S. The molecule has 0 bridgehead atoms. The molecule has 0 rings (SSSR count). The van der Waals surface area contributed by atoms with E-state index in [1.54, 1.807) is 30.6 Å². The summed E-state index contributed by atoms with van der Waals surface area (Å²) >= 11 is 3.81. The van der Waals surface area contributed by atoms with Gasteiger partial charge in [0.2, 0.25) is 0 Å². The molecule has 0 aromatic heterocycles. The highest BCUT2D eigenvalue weighted by Crippen LogP contribution is 1.84. The maximum Gasteiger partial charge on any atom is 0.0695 e. The number of thiol groups is 1. The van der Waals surface area contributed by atoms with Crippen molar-refractivity contribution in [1.82, 2.24) is 0 Å². The minimum Gasteiger partial charge on any atom is -0.389 e. The van der Waals surface area contributed by atoms with Gasteiger partial charge in [-0.3, -0.25) is 0 Å². The van der Waals surface area contributed by atoms with Gasteiger partial charge in [0.15, 0.2) is 0 Å². The zero-order valence-corrected chi connectivity index (χ0v) is 5.68. The van der Waals surface area contributed by atoms with E-state index in [4.69, 9.17) is 5.11 Å². The quantitative estimate of drug-likeness (QED) is 0.427. The van der Waals surface area contributed by atoms with Crippen LogP contribution in [-0.2, 0) is 0 Å². The monoisotopic (exact) mass is 130 g/mol. The van der Waals surface area contributed by atoms with Crippen LogP contribution in [0.25, 0.3) is 0 Å². The Hall–Kier alpha value is -0.210. The summed E-state index contributed by atoms with van der Waals surface area (Å²) in [4.78, 5) is 0. The zero-order valence-electron chi connectivity index (χ0n) is 4.78. The van der Waals surface area contributed by atoms with Gasteiger partial charge in [-0.1, -0.05) is 18.2 Å². The molecule has 0 aromatic carbocycles. The Morgan fingerprint density at radius 3 is 2.50 bits per heavy atom. The lowest BCUT2D eigenvalue weighted by Crippen LogP contribution is -1.90. The molecule has 1 N–H and O–H groups in total. The predicted octanol–water partition coefficient (Wildman–Crippen LogP) is 1.37. The second-order valence-electron chi connectivity index (χ2n) is 1.47. The van der Waals surface area contributed by atoms with Crippen molar-refractivity contribution in [1.29, 1.82) is 0 Å². The molecule has 46 valence electrons. The molecule has 2 heteroatoms. The van der Waals surface area contributed by atoms with Crippen LogP contribution in [0.1, 0.15) is 6.92 Å². The Balaban J connectivity index is 3.34. The maximum absolute atomic E-state index is 8.63. The molecule has 0 aliphatic carbocycles. The number of aliphatic hydroxyl groups excluding tert-OH is 1. The maximum atomic E-state index is 8.63. The molecule has 0 aromatic rings. The number of hydrogen-bond acceptors (Lipinski definition) is 2. The third-order valence-electron chi connectivity index (χ3n) is 0.587. The normalized spacial score (nSPS) is 15.9. The average Bonchev–Trinajstić information content (AvgIpc) is 1.66. The van der Waals surface area contributed by atoms with Crippen molar-refractivity contribution in [3.8, 4) is 0 Å². The van der Waals surface area contributed by atoms with E-state index in [1.165, 1.54) is 0 Å². The smallest absolute Gasteiger partial charge is 0.0695 e. The molecule has 0 saturated carbocycles. The second kappa shape index (κ2) is 4.94. The molecule has 0 heterocycles. The summed E-state index contributed by atoms with van der Waals surface area (Å²) in [6.07, 6.45) is 4.81. The molecular weight excluding hydrogens is 120 g/mol. The van der Waals surface area contributed by atoms with Crippen molar-refractivity contribution in [3.05, 3.63) is 23.6 Å². The van der Waals surface area contributed by atoms with Gasteiger partial charge in [-0.2, -0.15) is 12.6 Å². The summed E-state index contributed by atoms with van der Waals surface area (Å²) in [5, 5.41) is 10.2. The van der Waals surface area contributed by atoms with Crippen LogP contribution in [0.5, 0.6) is 0 Å². The third-order valence-corrected chi connectivity index (χ3v) is 0.759. The average molecular weight is 130 g/mol. The van der Waals surface area contributed by atoms with Crippen LogP contribution in [0.4, 0.5) is 0 Å². The molecule has 1 unspecified atom stereocenters. The Kier molecular flexibility index (Phi) is 4.81. The lowest BCUT2D eigenvalue weighted by molar-refractivity contribution is 0.244. The van der Waals surface area contributed by atoms with Gasteiger partial charge in [-0.05, 0) is 12.3 Å². The van der Waals surface area contributed by atoms with Gasteiger partial charge in [0.25, 0.3) is 0 Å². The van der Waals surface area contributed by atoms with Gasteiger partial charge >= 0.3 is 0 Å². The van der Waals surface area contributed by atoms with E-state index in [0.29, 0.717) is 0 Å². The minimum atomic E-state index is -0.362. The van der Waals surface area contributed by atoms with Crippen LogP contribution < -0.4 is 0 Å². The summed E-state index contributed by atoms with van der Waals surface area (Å²) in [6.45, 7) is 1.70. The highest BCUT2D eigenvalue weighted by atomic mass is 32.1. The van der Waals surface area contributed by atoms with Crippen LogP contribution in [0.15, 0.2) is 23.6 Å². The van der Waals surface area contributed by atoms with Crippen molar-refractivity contribution in [2.45, 2.75) is 13.0 Å². The standard InChI is InChI=1S/C6H10OS/c1-6(7)4-2-3-5-8/h2-8H,1H3/b4-2-,5-3-. The van der Waals surface area contributed by atoms with Crippen LogP contribution in [-0.4, -0.2) is 11.2 Å². The van der Waals surface area contributed by atoms with Gasteiger partial charge in [-0.25, -0.2) is 0 Å². The molecule has 0 saturated heterocycles. The highest BCUT2D eigenvalue weighted by molar-refractivity contribution is 7.83. The summed E-state index contributed by atoms with van der Waals surface area (Å²) < 4.78 is 0. The fourth-order valence-corrected chi connectivity index (χ4v) is 0.374. The molecule has 0 amide bonds. The van der Waals surface area contributed by atoms with Crippen molar-refractivity contribution in [2.24, 2.45) is 0 Å². The molecule has 0 aliphatic heterocycles. The first-order valence-electron chi connectivity index (χ1n) is 2.43. The molecule has 1 atom stereocenters. The van der Waals surface area contributed by atoms with Crippen LogP contribution in [0, 0.1) is 0 Å². The van der Waals surface area contributed by atoms with E-state index in [1.807, 2.05) is 0 Å². The predicted molar refractivity (Wildman–Crippen MR) is 38.9 cm³/mol. The van der Waals surface area contributed by atoms with Gasteiger partial charge in [0, 0.05) is 0 Å². The second-order valence-corrected chi connectivity index (χ2v) is 1.77. The fourth-order valence-electron chi connectivity index (χ4n) is 0.275. The van der Waals surface area contributed by atoms with E-state index in [9.17, 15) is 0 Å². The lowest BCUT2D eigenvalue weighted by atomic mass is 10.3. The molecule has 0 fully saturated rings. The van der Waals surface area contributed by atoms with Crippen molar-refractivity contribution >= 4 is 12.6 Å². The van der Waals surface area contributed by atoms with E-state index < -0.39 is 0 Å². The Labute approximate surface area is 55.1 Å². The third kappa shape index (κ3) is 5.79. The fraction of sp³-hybridized carbons (Fsp3) is 0.333. The van der Waals surface area contributed by atoms with Gasteiger partial charge in [0.05, 0.1) is 6.10 Å². The van der Waals surface area contributed by atoms with Crippen molar-refractivity contribution < 1.29 is 5.11 Å². The first-order chi connectivity index (χ1) is 3.77. The molecule has 1 nitrogen and oxygen atoms in total. The molecule has 0 radical (unpaired) electrons. The number of allylic oxidation sites excluding steroid dienone is 2. The number of hydrogen-bond donors (Lipinski definition) is 2. The van der Waals surface area contributed by atoms with Crippen LogP contribution >= 0.6 is 12.6 Å². The summed E-state index contributed by atoms with van der Waals surface area (Å²) in [5.74, 6) is 0. The van der Waals surface area contributed by atoms with E-state index in [2.05, 4.69) is 12.6 Å². The van der Waals surface area contributed by atoms with Crippen molar-refractivity contribution in [2.75, 3.05) is 0 Å². The van der Waals surface area contributed by atoms with Crippen LogP contribution in [0.3, 0.4) is 0 Å². The number of rotatable bonds is 2. The molecule has 0 aliphatic rings. The summed E-state index contributed by atoms with van der Waals surface area (Å²) in [6, 6.07) is 0. The summed E-state index contributed by atoms with van der Waals surface area (Å²) in [5.41, 5.74) is 0. The summed E-state index contributed by atoms with van der Waals surface area (Å²) in [7, 11) is 0. The molecule has 8 heavy (non-hydrogen) atoms. The topological polar surface area (TPSA) is 20.2 Å². The van der Waals surface area contributed by atoms with Gasteiger partial charge < -0.3 is 5.11 Å². The number of aliphatic hydroxyl groups is 1. The molecular formula is C6H10OS. The first kappa shape index (κ1) is 7.79. The Bertz CT molecular complexity index is 94.7. The van der Waals surface area contributed by atoms with Crippen molar-refractivity contribution in [3.63, 3.8) is 0 Å². The van der Waals surface area contributed by atoms with E-state index in [0.717, 1.165) is 0 Å². The lowest BCUT2D eigenvalue weighted by Gasteiger charge is -1.88. The Morgan fingerprint density at radius 1 is 1.50 bits per heavy atom. The largest absolute Gasteiger partial charge is 0.389 e. The molecule has 0 spiro atoms. The Morgan fingerprint density at radius 2 is 2.12 bits per heavy atom. The van der Waals surface area contributed by atoms with Gasteiger partial charge in [0.1, 0.15) is 0 Å². The first-order valence-corrected chi connectivity index (χ1v) is 2.94.